The third-order valence-corrected chi connectivity index (χ3v) is 7.58. The number of anilines is 1. The van der Waals surface area contributed by atoms with Gasteiger partial charge in [0.1, 0.15) is 17.8 Å². The van der Waals surface area contributed by atoms with Gasteiger partial charge in [0.15, 0.2) is 17.2 Å². The van der Waals surface area contributed by atoms with Gasteiger partial charge in [0.05, 0.1) is 32.8 Å². The Balaban J connectivity index is 1.63. The average molecular weight is 492 g/mol. The number of para-hydroxylation sites is 1. The van der Waals surface area contributed by atoms with Gasteiger partial charge < -0.3 is 9.88 Å². The highest BCUT2D eigenvalue weighted by Gasteiger charge is 2.39. The number of halogens is 1. The molecule has 6 rings (SSSR count). The summed E-state index contributed by atoms with van der Waals surface area (Å²) < 4.78 is 29.8. The Morgan fingerprint density at radius 2 is 1.97 bits per heavy atom. The summed E-state index contributed by atoms with van der Waals surface area (Å²) >= 11 is 0. The molecular formula is C24H22FN7O2S. The van der Waals surface area contributed by atoms with Gasteiger partial charge in [-0.05, 0) is 30.5 Å². The van der Waals surface area contributed by atoms with Crippen LogP contribution in [-0.2, 0) is 10.8 Å². The van der Waals surface area contributed by atoms with Crippen molar-refractivity contribution in [1.29, 1.82) is 0 Å². The van der Waals surface area contributed by atoms with Crippen molar-refractivity contribution in [2.24, 2.45) is 5.92 Å². The van der Waals surface area contributed by atoms with Crippen molar-refractivity contribution in [3.8, 4) is 5.69 Å². The van der Waals surface area contributed by atoms with Crippen molar-refractivity contribution in [3.05, 3.63) is 77.1 Å². The van der Waals surface area contributed by atoms with E-state index >= 15 is 0 Å². The van der Waals surface area contributed by atoms with Gasteiger partial charge in [-0.1, -0.05) is 25.1 Å². The molecule has 0 aliphatic carbocycles. The molecule has 178 valence electrons. The van der Waals surface area contributed by atoms with Gasteiger partial charge in [-0.2, -0.15) is 5.10 Å². The highest BCUT2D eigenvalue weighted by Crippen LogP contribution is 2.42. The summed E-state index contributed by atoms with van der Waals surface area (Å²) in [5.41, 5.74) is 0.614. The zero-order valence-electron chi connectivity index (χ0n) is 19.1. The van der Waals surface area contributed by atoms with E-state index in [4.69, 9.17) is 5.10 Å². The van der Waals surface area contributed by atoms with Crippen molar-refractivity contribution in [2.45, 2.75) is 24.3 Å². The maximum absolute atomic E-state index is 14.6. The van der Waals surface area contributed by atoms with Crippen LogP contribution in [0.15, 0.2) is 64.8 Å². The van der Waals surface area contributed by atoms with E-state index in [2.05, 4.69) is 26.8 Å². The third kappa shape index (κ3) is 3.29. The lowest BCUT2D eigenvalue weighted by atomic mass is 10.0. The molecule has 0 radical (unpaired) electrons. The molecule has 1 aliphatic heterocycles. The van der Waals surface area contributed by atoms with Crippen LogP contribution in [-0.4, -0.2) is 46.1 Å². The predicted molar refractivity (Wildman–Crippen MR) is 131 cm³/mol. The molecule has 1 fully saturated rings. The lowest BCUT2D eigenvalue weighted by Crippen LogP contribution is -2.35. The number of H-pyrrole nitrogens is 1. The van der Waals surface area contributed by atoms with Gasteiger partial charge in [-0.15, -0.1) is 0 Å². The quantitative estimate of drug-likeness (QED) is 0.414. The fourth-order valence-electron chi connectivity index (χ4n) is 5.01. The van der Waals surface area contributed by atoms with E-state index in [9.17, 15) is 13.4 Å². The Morgan fingerprint density at radius 1 is 1.17 bits per heavy atom. The average Bonchev–Trinajstić information content (AvgIpc) is 3.56. The molecule has 0 bridgehead atoms. The molecule has 1 aromatic carbocycles. The number of benzene rings is 1. The number of nitrogens with one attached hydrogen (secondary N) is 1. The second-order valence-electron chi connectivity index (χ2n) is 8.72. The van der Waals surface area contributed by atoms with Gasteiger partial charge in [0.2, 0.25) is 0 Å². The molecule has 3 unspecified atom stereocenters. The molecule has 0 amide bonds. The van der Waals surface area contributed by atoms with E-state index in [1.165, 1.54) is 27.7 Å². The molecule has 3 atom stereocenters. The van der Waals surface area contributed by atoms with Crippen molar-refractivity contribution in [1.82, 2.24) is 29.1 Å². The molecule has 0 spiro atoms. The Bertz CT molecular complexity index is 1660. The molecule has 11 heteroatoms. The zero-order chi connectivity index (χ0) is 24.3. The largest absolute Gasteiger partial charge is 0.345 e. The number of hydrogen-bond donors (Lipinski definition) is 1. The van der Waals surface area contributed by atoms with Crippen LogP contribution in [0.2, 0.25) is 0 Å². The second kappa shape index (κ2) is 8.12. The van der Waals surface area contributed by atoms with E-state index < -0.39 is 22.2 Å². The first-order chi connectivity index (χ1) is 17.0. The standard InChI is InChI=1S/C24H22FN7O2S/c1-14-8-10-30(22-18-17(35(2)34)12-26-21(18)27-13-28-22)19(14)23-29-31-11-9-16(25)20(31)24(33)32(23)15-6-4-3-5-7-15/h3-7,9,11-14,19H,8,10H2,1-2H3,(H,26,27,28). The predicted octanol–water partition coefficient (Wildman–Crippen LogP) is 3.22. The van der Waals surface area contributed by atoms with Crippen molar-refractivity contribution >= 4 is 33.2 Å². The molecule has 1 saturated heterocycles. The second-order valence-corrected chi connectivity index (χ2v) is 10.1. The minimum Gasteiger partial charge on any atom is -0.345 e. The number of aromatic amines is 1. The van der Waals surface area contributed by atoms with Gasteiger partial charge in [0.25, 0.3) is 5.56 Å². The number of fused-ring (bicyclic) bond motifs is 2. The lowest BCUT2D eigenvalue weighted by molar-refractivity contribution is 0.484. The summed E-state index contributed by atoms with van der Waals surface area (Å²) in [5, 5.41) is 5.44. The van der Waals surface area contributed by atoms with Crippen molar-refractivity contribution in [3.63, 3.8) is 0 Å². The first-order valence-electron chi connectivity index (χ1n) is 11.2. The van der Waals surface area contributed by atoms with E-state index in [1.807, 2.05) is 18.2 Å². The summed E-state index contributed by atoms with van der Waals surface area (Å²) in [5.74, 6) is 0.600. The maximum atomic E-state index is 14.6. The van der Waals surface area contributed by atoms with Gasteiger partial charge in [-0.25, -0.2) is 18.9 Å². The van der Waals surface area contributed by atoms with Crippen LogP contribution in [0.5, 0.6) is 0 Å². The highest BCUT2D eigenvalue weighted by molar-refractivity contribution is 7.84. The highest BCUT2D eigenvalue weighted by atomic mass is 32.2. The van der Waals surface area contributed by atoms with Crippen LogP contribution in [0.3, 0.4) is 0 Å². The molecule has 1 aliphatic rings. The van der Waals surface area contributed by atoms with Crippen LogP contribution in [0.4, 0.5) is 10.2 Å². The van der Waals surface area contributed by atoms with Crippen molar-refractivity contribution in [2.75, 3.05) is 17.7 Å². The maximum Gasteiger partial charge on any atom is 0.285 e. The minimum absolute atomic E-state index is 0.103. The molecule has 4 aromatic heterocycles. The van der Waals surface area contributed by atoms with Gasteiger partial charge >= 0.3 is 0 Å². The topological polar surface area (TPSA) is 101 Å². The van der Waals surface area contributed by atoms with Crippen LogP contribution < -0.4 is 10.5 Å². The molecule has 1 N–H and O–H groups in total. The smallest absolute Gasteiger partial charge is 0.285 e. The Labute approximate surface area is 201 Å². The third-order valence-electron chi connectivity index (χ3n) is 6.64. The number of aromatic nitrogens is 6. The SMILES string of the molecule is CC1CCN(c2ncnc3[nH]cc(S(C)=O)c23)C1c1nn2ccc(F)c2c(=O)n1-c1ccccc1. The molecule has 5 aromatic rings. The van der Waals surface area contributed by atoms with E-state index in [1.54, 1.807) is 24.6 Å². The lowest BCUT2D eigenvalue weighted by Gasteiger charge is -2.29. The zero-order valence-corrected chi connectivity index (χ0v) is 19.9. The Hall–Kier alpha value is -3.86. The van der Waals surface area contributed by atoms with Gasteiger partial charge in [-0.3, -0.25) is 13.6 Å². The first-order valence-corrected chi connectivity index (χ1v) is 12.8. The summed E-state index contributed by atoms with van der Waals surface area (Å²) in [6.45, 7) is 2.75. The van der Waals surface area contributed by atoms with E-state index in [0.29, 0.717) is 39.8 Å². The summed E-state index contributed by atoms with van der Waals surface area (Å²) in [6, 6.07) is 10.0. The number of hydrogen-bond acceptors (Lipinski definition) is 6. The van der Waals surface area contributed by atoms with Gasteiger partial charge in [0, 0.05) is 25.2 Å². The fraction of sp³-hybridized carbons (Fsp3) is 0.250. The van der Waals surface area contributed by atoms with Crippen LogP contribution >= 0.6 is 0 Å². The summed E-state index contributed by atoms with van der Waals surface area (Å²) in [4.78, 5) is 28.3. The summed E-state index contributed by atoms with van der Waals surface area (Å²) in [7, 11) is -1.26. The van der Waals surface area contributed by atoms with Crippen LogP contribution in [0.1, 0.15) is 25.2 Å². The molecule has 9 nitrogen and oxygen atoms in total. The van der Waals surface area contributed by atoms with E-state index in [-0.39, 0.29) is 17.5 Å². The molecule has 35 heavy (non-hydrogen) atoms. The monoisotopic (exact) mass is 491 g/mol. The molecule has 5 heterocycles. The summed E-state index contributed by atoms with van der Waals surface area (Å²) in [6.07, 6.45) is 7.07. The van der Waals surface area contributed by atoms with Crippen LogP contribution in [0, 0.1) is 11.7 Å². The van der Waals surface area contributed by atoms with Crippen molar-refractivity contribution < 1.29 is 8.60 Å². The molecule has 0 saturated carbocycles. The number of rotatable bonds is 4. The van der Waals surface area contributed by atoms with E-state index in [0.717, 1.165) is 6.42 Å². The fourth-order valence-corrected chi connectivity index (χ4v) is 5.71. The first kappa shape index (κ1) is 21.7. The Morgan fingerprint density at radius 3 is 2.74 bits per heavy atom. The normalized spacial score (nSPS) is 19.1. The number of nitrogens with zero attached hydrogens (tertiary/aromatic N) is 6. The Kier molecular flexibility index (Phi) is 5.03. The molecular weight excluding hydrogens is 469 g/mol. The minimum atomic E-state index is -1.26. The van der Waals surface area contributed by atoms with Crippen LogP contribution in [0.25, 0.3) is 22.2 Å².